The minimum absolute atomic E-state index is 0.346. The van der Waals surface area contributed by atoms with Gasteiger partial charge >= 0.3 is 0 Å². The average Bonchev–Trinajstić information content (AvgIpc) is 2.44. The van der Waals surface area contributed by atoms with Crippen molar-refractivity contribution in [1.29, 1.82) is 0 Å². The van der Waals surface area contributed by atoms with E-state index in [1.165, 1.54) is 58.0 Å². The molecule has 4 rings (SSSR count). The van der Waals surface area contributed by atoms with Crippen molar-refractivity contribution in [2.75, 3.05) is 19.6 Å². The van der Waals surface area contributed by atoms with Gasteiger partial charge in [0.1, 0.15) is 0 Å². The van der Waals surface area contributed by atoms with E-state index in [1.54, 1.807) is 0 Å². The van der Waals surface area contributed by atoms with Gasteiger partial charge in [0.2, 0.25) is 5.91 Å². The fourth-order valence-electron chi connectivity index (χ4n) is 5.04. The monoisotopic (exact) mass is 248 g/mol. The Hall–Kier alpha value is -0.570. The van der Waals surface area contributed by atoms with E-state index in [0.717, 1.165) is 12.5 Å². The van der Waals surface area contributed by atoms with E-state index in [2.05, 4.69) is 9.80 Å². The summed E-state index contributed by atoms with van der Waals surface area (Å²) in [5.74, 6) is 1.63. The van der Waals surface area contributed by atoms with Gasteiger partial charge in [-0.15, -0.1) is 0 Å². The van der Waals surface area contributed by atoms with Gasteiger partial charge in [-0.3, -0.25) is 9.69 Å². The summed E-state index contributed by atoms with van der Waals surface area (Å²) in [7, 11) is 0. The number of amides is 1. The molecule has 4 unspecified atom stereocenters. The van der Waals surface area contributed by atoms with E-state index in [0.29, 0.717) is 23.9 Å². The summed E-state index contributed by atoms with van der Waals surface area (Å²) >= 11 is 0. The first-order valence-corrected chi connectivity index (χ1v) is 7.89. The van der Waals surface area contributed by atoms with Gasteiger partial charge in [0.15, 0.2) is 0 Å². The average molecular weight is 248 g/mol. The lowest BCUT2D eigenvalue weighted by Crippen LogP contribution is -2.65. The third-order valence-corrected chi connectivity index (χ3v) is 5.85. The Morgan fingerprint density at radius 1 is 0.944 bits per heavy atom. The Morgan fingerprint density at radius 2 is 1.72 bits per heavy atom. The SMILES string of the molecule is O=C1C2CC(CN3CCCCC23)C2CCCCN12. The third kappa shape index (κ3) is 1.56. The number of fused-ring (bicyclic) bond motifs is 6. The molecule has 4 atom stereocenters. The Bertz CT molecular complexity index is 354. The van der Waals surface area contributed by atoms with Crippen molar-refractivity contribution in [2.45, 2.75) is 57.0 Å². The fourth-order valence-corrected chi connectivity index (χ4v) is 5.04. The lowest BCUT2D eigenvalue weighted by atomic mass is 9.70. The number of hydrogen-bond acceptors (Lipinski definition) is 2. The molecule has 0 aromatic carbocycles. The maximum Gasteiger partial charge on any atom is 0.227 e. The minimum Gasteiger partial charge on any atom is -0.339 e. The zero-order valence-electron chi connectivity index (χ0n) is 11.2. The van der Waals surface area contributed by atoms with Crippen LogP contribution in [0.2, 0.25) is 0 Å². The molecule has 0 spiro atoms. The summed E-state index contributed by atoms with van der Waals surface area (Å²) in [6.07, 6.45) is 8.97. The van der Waals surface area contributed by atoms with Crippen LogP contribution in [0.5, 0.6) is 0 Å². The molecule has 0 N–H and O–H groups in total. The van der Waals surface area contributed by atoms with Gasteiger partial charge in [0, 0.05) is 25.2 Å². The van der Waals surface area contributed by atoms with Crippen LogP contribution in [-0.2, 0) is 4.79 Å². The number of piperidine rings is 4. The van der Waals surface area contributed by atoms with E-state index < -0.39 is 0 Å². The first kappa shape index (κ1) is 11.3. The molecule has 100 valence electrons. The van der Waals surface area contributed by atoms with Crippen LogP contribution in [0.25, 0.3) is 0 Å². The highest BCUT2D eigenvalue weighted by molar-refractivity contribution is 5.81. The molecule has 1 amide bonds. The van der Waals surface area contributed by atoms with E-state index in [-0.39, 0.29) is 0 Å². The number of rotatable bonds is 0. The molecule has 0 saturated carbocycles. The first-order chi connectivity index (χ1) is 8.84. The van der Waals surface area contributed by atoms with Crippen LogP contribution in [0.15, 0.2) is 0 Å². The second-order valence-electron chi connectivity index (χ2n) is 6.76. The highest BCUT2D eigenvalue weighted by Crippen LogP contribution is 2.43. The summed E-state index contributed by atoms with van der Waals surface area (Å²) < 4.78 is 0. The van der Waals surface area contributed by atoms with Crippen molar-refractivity contribution < 1.29 is 4.79 Å². The smallest absolute Gasteiger partial charge is 0.227 e. The summed E-state index contributed by atoms with van der Waals surface area (Å²) in [5, 5.41) is 0. The zero-order valence-corrected chi connectivity index (χ0v) is 11.2. The Balaban J connectivity index is 1.63. The van der Waals surface area contributed by atoms with Crippen LogP contribution < -0.4 is 0 Å². The van der Waals surface area contributed by atoms with Gasteiger partial charge in [-0.2, -0.15) is 0 Å². The highest BCUT2D eigenvalue weighted by Gasteiger charge is 2.50. The predicted octanol–water partition coefficient (Wildman–Crippen LogP) is 1.87. The van der Waals surface area contributed by atoms with Crippen molar-refractivity contribution in [1.82, 2.24) is 9.80 Å². The highest BCUT2D eigenvalue weighted by atomic mass is 16.2. The lowest BCUT2D eigenvalue weighted by molar-refractivity contribution is -0.158. The molecule has 4 aliphatic heterocycles. The first-order valence-electron chi connectivity index (χ1n) is 7.89. The molecule has 4 saturated heterocycles. The molecule has 0 radical (unpaired) electrons. The third-order valence-electron chi connectivity index (χ3n) is 5.85. The van der Waals surface area contributed by atoms with Crippen LogP contribution in [-0.4, -0.2) is 47.4 Å². The topological polar surface area (TPSA) is 23.6 Å². The van der Waals surface area contributed by atoms with Crippen molar-refractivity contribution >= 4 is 5.91 Å². The Kier molecular flexibility index (Phi) is 2.65. The van der Waals surface area contributed by atoms with Crippen molar-refractivity contribution in [3.05, 3.63) is 0 Å². The number of carbonyl (C=O) groups excluding carboxylic acids is 1. The molecule has 2 bridgehead atoms. The van der Waals surface area contributed by atoms with Gasteiger partial charge < -0.3 is 4.90 Å². The van der Waals surface area contributed by atoms with Gasteiger partial charge in [0.05, 0.1) is 5.92 Å². The van der Waals surface area contributed by atoms with Gasteiger partial charge in [-0.1, -0.05) is 6.42 Å². The molecule has 0 aromatic heterocycles. The van der Waals surface area contributed by atoms with Gasteiger partial charge in [-0.05, 0) is 51.0 Å². The Labute approximate surface area is 110 Å². The molecular weight excluding hydrogens is 224 g/mol. The fraction of sp³-hybridized carbons (Fsp3) is 0.933. The molecule has 18 heavy (non-hydrogen) atoms. The maximum absolute atomic E-state index is 12.7. The summed E-state index contributed by atoms with van der Waals surface area (Å²) in [6.45, 7) is 3.57. The van der Waals surface area contributed by atoms with Crippen molar-refractivity contribution in [2.24, 2.45) is 11.8 Å². The standard InChI is InChI=1S/C15H24N2O/c18-15-12-9-11(13-5-2-4-8-17(13)15)10-16-7-3-1-6-14(12)16/h11-14H,1-10H2. The van der Waals surface area contributed by atoms with Crippen LogP contribution in [0.4, 0.5) is 0 Å². The van der Waals surface area contributed by atoms with Gasteiger partial charge in [-0.25, -0.2) is 0 Å². The van der Waals surface area contributed by atoms with Gasteiger partial charge in [0.25, 0.3) is 0 Å². The number of carbonyl (C=O) groups is 1. The molecular formula is C15H24N2O. The largest absolute Gasteiger partial charge is 0.339 e. The van der Waals surface area contributed by atoms with Crippen LogP contribution in [0.1, 0.15) is 44.9 Å². The molecule has 0 aliphatic carbocycles. The predicted molar refractivity (Wildman–Crippen MR) is 70.2 cm³/mol. The molecule has 4 heterocycles. The maximum atomic E-state index is 12.7. The minimum atomic E-state index is 0.346. The van der Waals surface area contributed by atoms with E-state index in [4.69, 9.17) is 0 Å². The summed E-state index contributed by atoms with van der Waals surface area (Å²) in [4.78, 5) is 17.7. The second-order valence-corrected chi connectivity index (χ2v) is 6.76. The van der Waals surface area contributed by atoms with E-state index in [1.807, 2.05) is 0 Å². The van der Waals surface area contributed by atoms with Crippen LogP contribution in [0, 0.1) is 11.8 Å². The lowest BCUT2D eigenvalue weighted by Gasteiger charge is -2.56. The Morgan fingerprint density at radius 3 is 2.61 bits per heavy atom. The molecule has 4 fully saturated rings. The van der Waals surface area contributed by atoms with Crippen molar-refractivity contribution in [3.8, 4) is 0 Å². The zero-order chi connectivity index (χ0) is 12.1. The van der Waals surface area contributed by atoms with E-state index in [9.17, 15) is 4.79 Å². The number of hydrogen-bond donors (Lipinski definition) is 0. The normalized spacial score (nSPS) is 44.4. The second kappa shape index (κ2) is 4.22. The van der Waals surface area contributed by atoms with Crippen LogP contribution >= 0.6 is 0 Å². The van der Waals surface area contributed by atoms with Crippen LogP contribution in [0.3, 0.4) is 0 Å². The summed E-state index contributed by atoms with van der Waals surface area (Å²) in [6, 6.07) is 1.18. The molecule has 3 heteroatoms. The van der Waals surface area contributed by atoms with E-state index >= 15 is 0 Å². The molecule has 3 nitrogen and oxygen atoms in total. The summed E-state index contributed by atoms with van der Waals surface area (Å²) in [5.41, 5.74) is 0. The quantitative estimate of drug-likeness (QED) is 0.653. The van der Waals surface area contributed by atoms with Crippen molar-refractivity contribution in [3.63, 3.8) is 0 Å². The molecule has 4 aliphatic rings. The molecule has 0 aromatic rings. The number of nitrogens with zero attached hydrogens (tertiary/aromatic N) is 2.